The normalized spacial score (nSPS) is 30.9. The number of methoxy groups -OCH3 is 1. The van der Waals surface area contributed by atoms with E-state index < -0.39 is 0 Å². The van der Waals surface area contributed by atoms with E-state index in [-0.39, 0.29) is 6.04 Å². The maximum atomic E-state index is 5.51. The van der Waals surface area contributed by atoms with Gasteiger partial charge in [-0.25, -0.2) is 10.8 Å². The molecule has 0 aromatic rings. The van der Waals surface area contributed by atoms with Crippen LogP contribution in [0.3, 0.4) is 0 Å². The average Bonchev–Trinajstić information content (AvgIpc) is 2.33. The highest BCUT2D eigenvalue weighted by Gasteiger charge is 2.24. The van der Waals surface area contributed by atoms with E-state index in [0.29, 0.717) is 18.6 Å². The first kappa shape index (κ1) is 15.2. The van der Waals surface area contributed by atoms with Gasteiger partial charge in [0.1, 0.15) is 0 Å². The highest BCUT2D eigenvalue weighted by atomic mass is 16.5. The molecule has 0 aromatic heterocycles. The predicted octanol–water partition coefficient (Wildman–Crippen LogP) is 1.25. The molecule has 0 amide bonds. The lowest BCUT2D eigenvalue weighted by Crippen LogP contribution is -2.47. The van der Waals surface area contributed by atoms with Gasteiger partial charge in [-0.2, -0.15) is 0 Å². The zero-order chi connectivity index (χ0) is 13.5. The maximum Gasteiger partial charge on any atom is 0.206 e. The van der Waals surface area contributed by atoms with Crippen molar-refractivity contribution in [2.45, 2.75) is 52.1 Å². The Morgan fingerprint density at radius 3 is 2.67 bits per heavy atom. The smallest absolute Gasteiger partial charge is 0.206 e. The molecule has 1 aliphatic carbocycles. The number of hydrazine groups is 1. The van der Waals surface area contributed by atoms with Crippen LogP contribution in [0.25, 0.3) is 0 Å². The number of hydrogen-bond acceptors (Lipinski definition) is 3. The molecule has 4 N–H and O–H groups in total. The number of guanidine groups is 1. The van der Waals surface area contributed by atoms with Crippen LogP contribution in [0, 0.1) is 11.8 Å². The first-order chi connectivity index (χ1) is 8.56. The van der Waals surface area contributed by atoms with E-state index in [0.717, 1.165) is 24.7 Å². The third-order valence-corrected chi connectivity index (χ3v) is 3.82. The van der Waals surface area contributed by atoms with E-state index in [9.17, 15) is 0 Å². The highest BCUT2D eigenvalue weighted by Crippen LogP contribution is 2.30. The van der Waals surface area contributed by atoms with E-state index in [2.05, 4.69) is 29.6 Å². The number of rotatable bonds is 4. The molecule has 18 heavy (non-hydrogen) atoms. The van der Waals surface area contributed by atoms with Crippen LogP contribution in [-0.4, -0.2) is 31.8 Å². The Bertz CT molecular complexity index is 270. The van der Waals surface area contributed by atoms with Crippen molar-refractivity contribution in [2.24, 2.45) is 22.7 Å². The van der Waals surface area contributed by atoms with Gasteiger partial charge in [0, 0.05) is 13.2 Å². The largest absolute Gasteiger partial charge is 0.383 e. The van der Waals surface area contributed by atoms with Crippen LogP contribution in [0.5, 0.6) is 0 Å². The Balaban J connectivity index is 2.50. The second-order valence-electron chi connectivity index (χ2n) is 5.54. The minimum Gasteiger partial charge on any atom is -0.383 e. The molecule has 1 rings (SSSR count). The summed E-state index contributed by atoms with van der Waals surface area (Å²) in [6.45, 7) is 7.31. The lowest BCUT2D eigenvalue weighted by Gasteiger charge is -2.30. The lowest BCUT2D eigenvalue weighted by molar-refractivity contribution is 0.178. The van der Waals surface area contributed by atoms with Gasteiger partial charge in [0.05, 0.1) is 12.6 Å². The first-order valence-corrected chi connectivity index (χ1v) is 6.86. The summed E-state index contributed by atoms with van der Waals surface area (Å²) < 4.78 is 5.08. The Hall–Kier alpha value is -0.810. The number of nitrogens with zero attached hydrogens (tertiary/aromatic N) is 1. The summed E-state index contributed by atoms with van der Waals surface area (Å²) in [4.78, 5) is 4.67. The van der Waals surface area contributed by atoms with E-state index in [4.69, 9.17) is 10.6 Å². The van der Waals surface area contributed by atoms with E-state index in [1.165, 1.54) is 6.42 Å². The summed E-state index contributed by atoms with van der Waals surface area (Å²) in [5.41, 5.74) is 2.65. The number of hydrogen-bond donors (Lipinski definition) is 3. The standard InChI is InChI=1S/C13H28N4O/c1-9-5-6-12(7-10(9)2)16-13(17-14)15-11(3)8-18-4/h9-12H,5-8,14H2,1-4H3,(H2,15,16,17). The highest BCUT2D eigenvalue weighted by molar-refractivity contribution is 5.79. The minimum atomic E-state index is 0.199. The lowest BCUT2D eigenvalue weighted by atomic mass is 9.79. The van der Waals surface area contributed by atoms with Crippen molar-refractivity contribution in [1.82, 2.24) is 10.7 Å². The summed E-state index contributed by atoms with van der Waals surface area (Å²) in [6, 6.07) is 0.578. The summed E-state index contributed by atoms with van der Waals surface area (Å²) >= 11 is 0. The fraction of sp³-hybridized carbons (Fsp3) is 0.923. The van der Waals surface area contributed by atoms with Crippen molar-refractivity contribution in [3.8, 4) is 0 Å². The van der Waals surface area contributed by atoms with Crippen molar-refractivity contribution in [3.05, 3.63) is 0 Å². The molecule has 4 unspecified atom stereocenters. The number of nitrogens with one attached hydrogen (secondary N) is 2. The third-order valence-electron chi connectivity index (χ3n) is 3.82. The molecule has 1 fully saturated rings. The Morgan fingerprint density at radius 2 is 2.11 bits per heavy atom. The first-order valence-electron chi connectivity index (χ1n) is 6.86. The van der Waals surface area contributed by atoms with E-state index in [1.807, 2.05) is 6.92 Å². The van der Waals surface area contributed by atoms with Crippen LogP contribution in [-0.2, 0) is 4.74 Å². The van der Waals surface area contributed by atoms with Crippen LogP contribution in [0.15, 0.2) is 4.99 Å². The zero-order valence-electron chi connectivity index (χ0n) is 12.1. The SMILES string of the molecule is COCC(C)NC(=NC1CCC(C)C(C)C1)NN. The molecule has 5 nitrogen and oxygen atoms in total. The Labute approximate surface area is 111 Å². The molecule has 1 saturated carbocycles. The third kappa shape index (κ3) is 4.82. The second-order valence-corrected chi connectivity index (χ2v) is 5.54. The minimum absolute atomic E-state index is 0.199. The maximum absolute atomic E-state index is 5.51. The van der Waals surface area contributed by atoms with Gasteiger partial charge in [-0.15, -0.1) is 0 Å². The molecule has 5 heteroatoms. The number of ether oxygens (including phenoxy) is 1. The molecule has 0 aliphatic heterocycles. The number of aliphatic imine (C=N–C) groups is 1. The average molecular weight is 256 g/mol. The molecule has 1 aliphatic rings. The molecule has 0 spiro atoms. The quantitative estimate of drug-likeness (QED) is 0.306. The summed E-state index contributed by atoms with van der Waals surface area (Å²) in [6.07, 6.45) is 3.55. The van der Waals surface area contributed by atoms with Gasteiger partial charge in [-0.1, -0.05) is 13.8 Å². The second kappa shape index (κ2) is 7.59. The van der Waals surface area contributed by atoms with E-state index in [1.54, 1.807) is 7.11 Å². The Morgan fingerprint density at radius 1 is 1.39 bits per heavy atom. The van der Waals surface area contributed by atoms with Crippen LogP contribution in [0.2, 0.25) is 0 Å². The van der Waals surface area contributed by atoms with Gasteiger partial charge in [0.2, 0.25) is 5.96 Å². The van der Waals surface area contributed by atoms with Crippen LogP contribution < -0.4 is 16.6 Å². The Kier molecular flexibility index (Phi) is 6.43. The van der Waals surface area contributed by atoms with E-state index >= 15 is 0 Å². The molecular weight excluding hydrogens is 228 g/mol. The molecule has 106 valence electrons. The summed E-state index contributed by atoms with van der Waals surface area (Å²) in [5, 5.41) is 3.23. The van der Waals surface area contributed by atoms with Crippen LogP contribution in [0.4, 0.5) is 0 Å². The molecule has 4 atom stereocenters. The molecular formula is C13H28N4O. The fourth-order valence-corrected chi connectivity index (χ4v) is 2.46. The summed E-state index contributed by atoms with van der Waals surface area (Å²) in [7, 11) is 1.69. The molecule has 0 saturated heterocycles. The van der Waals surface area contributed by atoms with Crippen LogP contribution in [0.1, 0.15) is 40.0 Å². The van der Waals surface area contributed by atoms with Gasteiger partial charge in [0.25, 0.3) is 0 Å². The van der Waals surface area contributed by atoms with Gasteiger partial charge in [-0.05, 0) is 38.0 Å². The van der Waals surface area contributed by atoms with Crippen LogP contribution >= 0.6 is 0 Å². The molecule has 0 radical (unpaired) electrons. The number of nitrogens with two attached hydrogens (primary N) is 1. The monoisotopic (exact) mass is 256 g/mol. The zero-order valence-corrected chi connectivity index (χ0v) is 12.1. The molecule has 0 aromatic carbocycles. The van der Waals surface area contributed by atoms with Crippen molar-refractivity contribution >= 4 is 5.96 Å². The van der Waals surface area contributed by atoms with Crippen molar-refractivity contribution in [1.29, 1.82) is 0 Å². The molecule has 0 heterocycles. The van der Waals surface area contributed by atoms with Gasteiger partial charge in [-0.3, -0.25) is 5.43 Å². The van der Waals surface area contributed by atoms with Crippen molar-refractivity contribution in [3.63, 3.8) is 0 Å². The van der Waals surface area contributed by atoms with Gasteiger partial charge < -0.3 is 10.1 Å². The fourth-order valence-electron chi connectivity index (χ4n) is 2.46. The van der Waals surface area contributed by atoms with Crippen molar-refractivity contribution < 1.29 is 4.74 Å². The van der Waals surface area contributed by atoms with Gasteiger partial charge in [0.15, 0.2) is 0 Å². The predicted molar refractivity (Wildman–Crippen MR) is 75.2 cm³/mol. The van der Waals surface area contributed by atoms with Crippen molar-refractivity contribution in [2.75, 3.05) is 13.7 Å². The topological polar surface area (TPSA) is 71.7 Å². The summed E-state index contributed by atoms with van der Waals surface area (Å²) in [5.74, 6) is 7.73. The molecule has 0 bridgehead atoms. The van der Waals surface area contributed by atoms with Gasteiger partial charge >= 0.3 is 0 Å².